The molecule has 0 unspecified atom stereocenters. The van der Waals surface area contributed by atoms with Crippen LogP contribution in [0.2, 0.25) is 0 Å². The van der Waals surface area contributed by atoms with Crippen LogP contribution < -0.4 is 10.6 Å². The third kappa shape index (κ3) is 4.33. The largest absolute Gasteiger partial charge is 0.398 e. The van der Waals surface area contributed by atoms with E-state index in [-0.39, 0.29) is 24.4 Å². The Balaban J connectivity index is 0.00000225. The van der Waals surface area contributed by atoms with E-state index in [1.165, 1.54) is 0 Å². The molecule has 5 heteroatoms. The Hall–Kier alpha value is -2.04. The Morgan fingerprint density at radius 2 is 1.92 bits per heavy atom. The molecule has 4 nitrogen and oxygen atoms in total. The van der Waals surface area contributed by atoms with Crippen LogP contribution in [0.1, 0.15) is 41.8 Å². The first-order valence-corrected chi connectivity index (χ1v) is 8.46. The molecule has 0 aromatic heterocycles. The summed E-state index contributed by atoms with van der Waals surface area (Å²) >= 11 is 0. The van der Waals surface area contributed by atoms with Gasteiger partial charge >= 0.3 is 0 Å². The van der Waals surface area contributed by atoms with E-state index in [2.05, 4.69) is 0 Å². The number of benzene rings is 2. The Bertz CT molecular complexity index is 729. The third-order valence-electron chi connectivity index (χ3n) is 4.32. The molecule has 1 heterocycles. The topological polar surface area (TPSA) is 55.6 Å². The van der Waals surface area contributed by atoms with Gasteiger partial charge < -0.3 is 15.4 Å². The van der Waals surface area contributed by atoms with Gasteiger partial charge in [0.1, 0.15) is 0 Å². The van der Waals surface area contributed by atoms with Gasteiger partial charge in [0.05, 0.1) is 12.7 Å². The molecule has 2 N–H and O–H groups in total. The van der Waals surface area contributed by atoms with Crippen LogP contribution in [0.25, 0.3) is 0 Å². The van der Waals surface area contributed by atoms with Gasteiger partial charge in [0.2, 0.25) is 0 Å². The standard InChI is InChI=1S/C20H24N2O2.ClH/c1-14(2)24-13-15-8-10-16(11-9-15)20(23)22-12-4-5-17-18(21)6-3-7-19(17)22;/h3,6-11,14H,4-5,12-13,21H2,1-2H3;1H. The molecule has 1 amide bonds. The zero-order valence-corrected chi connectivity index (χ0v) is 15.5. The molecule has 2 aromatic rings. The van der Waals surface area contributed by atoms with Gasteiger partial charge in [-0.15, -0.1) is 12.4 Å². The van der Waals surface area contributed by atoms with Crippen LogP contribution in [-0.4, -0.2) is 18.6 Å². The summed E-state index contributed by atoms with van der Waals surface area (Å²) in [7, 11) is 0. The minimum absolute atomic E-state index is 0. The average molecular weight is 361 g/mol. The SMILES string of the molecule is CC(C)OCc1ccc(C(=O)N2CCCc3c(N)cccc32)cc1.Cl. The van der Waals surface area contributed by atoms with Gasteiger partial charge in [0, 0.05) is 23.5 Å². The second-order valence-corrected chi connectivity index (χ2v) is 6.46. The quantitative estimate of drug-likeness (QED) is 0.831. The van der Waals surface area contributed by atoms with Gasteiger partial charge in [-0.1, -0.05) is 18.2 Å². The minimum atomic E-state index is 0. The van der Waals surface area contributed by atoms with E-state index in [1.54, 1.807) is 0 Å². The van der Waals surface area contributed by atoms with Crippen LogP contribution in [0.15, 0.2) is 42.5 Å². The maximum Gasteiger partial charge on any atom is 0.258 e. The highest BCUT2D eigenvalue weighted by Gasteiger charge is 2.24. The number of ether oxygens (including phenoxy) is 1. The number of fused-ring (bicyclic) bond motifs is 1. The summed E-state index contributed by atoms with van der Waals surface area (Å²) in [5, 5.41) is 0. The van der Waals surface area contributed by atoms with Crippen molar-refractivity contribution in [2.45, 2.75) is 39.4 Å². The highest BCUT2D eigenvalue weighted by Crippen LogP contribution is 2.32. The van der Waals surface area contributed by atoms with E-state index in [0.717, 1.165) is 41.9 Å². The van der Waals surface area contributed by atoms with Crippen molar-refractivity contribution in [1.82, 2.24) is 0 Å². The lowest BCUT2D eigenvalue weighted by Gasteiger charge is -2.30. The second kappa shape index (κ2) is 8.37. The van der Waals surface area contributed by atoms with Crippen LogP contribution in [-0.2, 0) is 17.8 Å². The Morgan fingerprint density at radius 1 is 1.20 bits per heavy atom. The number of nitrogens with two attached hydrogens (primary N) is 1. The normalized spacial score (nSPS) is 13.3. The van der Waals surface area contributed by atoms with Crippen molar-refractivity contribution in [2.24, 2.45) is 0 Å². The van der Waals surface area contributed by atoms with Crippen molar-refractivity contribution in [3.63, 3.8) is 0 Å². The highest BCUT2D eigenvalue weighted by molar-refractivity contribution is 6.07. The first-order chi connectivity index (χ1) is 11.6. The summed E-state index contributed by atoms with van der Waals surface area (Å²) in [6, 6.07) is 13.5. The van der Waals surface area contributed by atoms with Gasteiger partial charge in [-0.2, -0.15) is 0 Å². The molecular formula is C20H25ClN2O2. The van der Waals surface area contributed by atoms with E-state index in [1.807, 2.05) is 61.2 Å². The molecule has 0 radical (unpaired) electrons. The van der Waals surface area contributed by atoms with Gasteiger partial charge in [0.15, 0.2) is 0 Å². The molecule has 1 aliphatic heterocycles. The molecule has 0 fully saturated rings. The molecule has 0 aliphatic carbocycles. The van der Waals surface area contributed by atoms with Gasteiger partial charge in [-0.25, -0.2) is 0 Å². The van der Waals surface area contributed by atoms with E-state index in [9.17, 15) is 4.79 Å². The zero-order valence-electron chi connectivity index (χ0n) is 14.7. The fourth-order valence-electron chi connectivity index (χ4n) is 3.02. The van der Waals surface area contributed by atoms with E-state index in [4.69, 9.17) is 10.5 Å². The van der Waals surface area contributed by atoms with E-state index < -0.39 is 0 Å². The number of hydrogen-bond acceptors (Lipinski definition) is 3. The molecule has 0 atom stereocenters. The van der Waals surface area contributed by atoms with Gasteiger partial charge in [0.25, 0.3) is 5.91 Å². The Morgan fingerprint density at radius 3 is 2.60 bits per heavy atom. The van der Waals surface area contributed by atoms with E-state index in [0.29, 0.717) is 12.2 Å². The first kappa shape index (κ1) is 19.3. The average Bonchev–Trinajstić information content (AvgIpc) is 2.60. The lowest BCUT2D eigenvalue weighted by Crippen LogP contribution is -2.35. The van der Waals surface area contributed by atoms with Crippen LogP contribution in [0.4, 0.5) is 11.4 Å². The molecule has 3 rings (SSSR count). The fourth-order valence-corrected chi connectivity index (χ4v) is 3.02. The minimum Gasteiger partial charge on any atom is -0.398 e. The number of hydrogen-bond donors (Lipinski definition) is 1. The summed E-state index contributed by atoms with van der Waals surface area (Å²) < 4.78 is 5.59. The maximum atomic E-state index is 12.9. The molecule has 1 aliphatic rings. The summed E-state index contributed by atoms with van der Waals surface area (Å²) in [5.41, 5.74) is 10.6. The highest BCUT2D eigenvalue weighted by atomic mass is 35.5. The first-order valence-electron chi connectivity index (χ1n) is 8.46. The number of carbonyl (C=O) groups excluding carboxylic acids is 1. The number of amides is 1. The summed E-state index contributed by atoms with van der Waals surface area (Å²) in [6.07, 6.45) is 2.06. The maximum absolute atomic E-state index is 12.9. The number of carbonyl (C=O) groups is 1. The van der Waals surface area contributed by atoms with Crippen molar-refractivity contribution in [3.05, 3.63) is 59.2 Å². The number of nitrogens with zero attached hydrogens (tertiary/aromatic N) is 1. The second-order valence-electron chi connectivity index (χ2n) is 6.46. The number of nitrogen functional groups attached to an aromatic ring is 1. The molecule has 25 heavy (non-hydrogen) atoms. The Kier molecular flexibility index (Phi) is 6.45. The van der Waals surface area contributed by atoms with Crippen molar-refractivity contribution in [1.29, 1.82) is 0 Å². The van der Waals surface area contributed by atoms with Crippen LogP contribution in [0.3, 0.4) is 0 Å². The lowest BCUT2D eigenvalue weighted by atomic mass is 9.99. The third-order valence-corrected chi connectivity index (χ3v) is 4.32. The van der Waals surface area contributed by atoms with Gasteiger partial charge in [-0.3, -0.25) is 4.79 Å². The van der Waals surface area contributed by atoms with Crippen molar-refractivity contribution in [3.8, 4) is 0 Å². The molecule has 0 bridgehead atoms. The molecule has 0 spiro atoms. The van der Waals surface area contributed by atoms with Crippen molar-refractivity contribution < 1.29 is 9.53 Å². The van der Waals surface area contributed by atoms with Crippen LogP contribution in [0, 0.1) is 0 Å². The monoisotopic (exact) mass is 360 g/mol. The zero-order chi connectivity index (χ0) is 17.1. The summed E-state index contributed by atoms with van der Waals surface area (Å²) in [5.74, 6) is 0.0258. The number of anilines is 2. The molecule has 134 valence electrons. The van der Waals surface area contributed by atoms with Crippen LogP contribution >= 0.6 is 12.4 Å². The van der Waals surface area contributed by atoms with E-state index >= 15 is 0 Å². The Labute approximate surface area is 155 Å². The fraction of sp³-hybridized carbons (Fsp3) is 0.350. The predicted octanol–water partition coefficient (Wildman–Crippen LogP) is 4.21. The molecule has 0 saturated heterocycles. The molecular weight excluding hydrogens is 336 g/mol. The molecule has 2 aromatic carbocycles. The number of halogens is 1. The summed E-state index contributed by atoms with van der Waals surface area (Å²) in [6.45, 7) is 5.32. The van der Waals surface area contributed by atoms with Gasteiger partial charge in [-0.05, 0) is 62.1 Å². The van der Waals surface area contributed by atoms with Crippen molar-refractivity contribution >= 4 is 29.7 Å². The smallest absolute Gasteiger partial charge is 0.258 e. The molecule has 0 saturated carbocycles. The lowest BCUT2D eigenvalue weighted by molar-refractivity contribution is 0.0657. The number of rotatable bonds is 4. The van der Waals surface area contributed by atoms with Crippen LogP contribution in [0.5, 0.6) is 0 Å². The van der Waals surface area contributed by atoms with Crippen molar-refractivity contribution in [2.75, 3.05) is 17.2 Å². The summed E-state index contributed by atoms with van der Waals surface area (Å²) in [4.78, 5) is 14.7. The predicted molar refractivity (Wildman–Crippen MR) is 104 cm³/mol.